The van der Waals surface area contributed by atoms with Crippen molar-refractivity contribution in [2.45, 2.75) is 24.3 Å². The van der Waals surface area contributed by atoms with E-state index in [4.69, 9.17) is 20.4 Å². The molecule has 0 unspecified atom stereocenters. The molecule has 0 saturated carbocycles. The van der Waals surface area contributed by atoms with Crippen LogP contribution < -0.4 is 0 Å². The Hall–Kier alpha value is -1.72. The van der Waals surface area contributed by atoms with E-state index in [1.54, 1.807) is 6.26 Å². The Kier molecular flexibility index (Phi) is 4.03. The summed E-state index contributed by atoms with van der Waals surface area (Å²) in [5.74, 6) is 1.23. The van der Waals surface area contributed by atoms with Gasteiger partial charge in [-0.3, -0.25) is 0 Å². The van der Waals surface area contributed by atoms with Gasteiger partial charge in [-0.05, 0) is 31.5 Å². The molecule has 1 aromatic carbocycles. The van der Waals surface area contributed by atoms with Crippen LogP contribution in [0, 0.1) is 6.92 Å². The molecule has 0 aliphatic heterocycles. The van der Waals surface area contributed by atoms with Crippen LogP contribution in [0.3, 0.4) is 0 Å². The maximum absolute atomic E-state index is 6.20. The molecular weight excluding hydrogens is 308 g/mol. The number of benzene rings is 1. The van der Waals surface area contributed by atoms with Crippen molar-refractivity contribution in [2.75, 3.05) is 0 Å². The zero-order valence-corrected chi connectivity index (χ0v) is 13.1. The van der Waals surface area contributed by atoms with Gasteiger partial charge in [0, 0.05) is 10.3 Å². The zero-order valence-electron chi connectivity index (χ0n) is 11.5. The largest absolute Gasteiger partial charge is 0.469 e. The van der Waals surface area contributed by atoms with Crippen LogP contribution in [0.2, 0.25) is 5.02 Å². The molecule has 2 aromatic heterocycles. The van der Waals surface area contributed by atoms with Gasteiger partial charge in [-0.25, -0.2) is 0 Å². The number of halogens is 1. The van der Waals surface area contributed by atoms with Crippen LogP contribution in [0.4, 0.5) is 0 Å². The number of aryl methyl sites for hydroxylation is 1. The van der Waals surface area contributed by atoms with Gasteiger partial charge in [0.25, 0.3) is 11.1 Å². The molecule has 2 heterocycles. The summed E-state index contributed by atoms with van der Waals surface area (Å²) in [6, 6.07) is 9.57. The molecule has 108 valence electrons. The lowest BCUT2D eigenvalue weighted by Crippen LogP contribution is -1.89. The maximum Gasteiger partial charge on any atom is 0.277 e. The second kappa shape index (κ2) is 5.95. The highest BCUT2D eigenvalue weighted by Crippen LogP contribution is 2.38. The molecule has 0 aliphatic carbocycles. The van der Waals surface area contributed by atoms with E-state index >= 15 is 0 Å². The fourth-order valence-electron chi connectivity index (χ4n) is 1.99. The predicted octanol–water partition coefficient (Wildman–Crippen LogP) is 5.14. The van der Waals surface area contributed by atoms with E-state index in [0.717, 1.165) is 21.9 Å². The topological polar surface area (TPSA) is 52.1 Å². The highest BCUT2D eigenvalue weighted by atomic mass is 35.5. The van der Waals surface area contributed by atoms with Gasteiger partial charge >= 0.3 is 0 Å². The van der Waals surface area contributed by atoms with Crippen molar-refractivity contribution in [1.82, 2.24) is 10.2 Å². The molecule has 21 heavy (non-hydrogen) atoms. The predicted molar refractivity (Wildman–Crippen MR) is 82.5 cm³/mol. The first kappa shape index (κ1) is 14.2. The van der Waals surface area contributed by atoms with Crippen molar-refractivity contribution >= 4 is 23.4 Å². The molecule has 4 nitrogen and oxygen atoms in total. The summed E-state index contributed by atoms with van der Waals surface area (Å²) in [5.41, 5.74) is 1.86. The van der Waals surface area contributed by atoms with Crippen molar-refractivity contribution in [3.63, 3.8) is 0 Å². The van der Waals surface area contributed by atoms with Gasteiger partial charge in [-0.15, -0.1) is 10.2 Å². The van der Waals surface area contributed by atoms with Gasteiger partial charge in [0.15, 0.2) is 0 Å². The third-order valence-corrected chi connectivity index (χ3v) is 4.43. The molecule has 0 N–H and O–H groups in total. The molecule has 0 radical (unpaired) electrons. The number of nitrogens with zero attached hydrogens (tertiary/aromatic N) is 2. The Bertz CT molecular complexity index is 753. The normalized spacial score (nSPS) is 12.5. The minimum atomic E-state index is 0.123. The first-order chi connectivity index (χ1) is 10.1. The van der Waals surface area contributed by atoms with Crippen LogP contribution in [0.15, 0.2) is 50.7 Å². The van der Waals surface area contributed by atoms with Crippen molar-refractivity contribution < 1.29 is 8.83 Å². The lowest BCUT2D eigenvalue weighted by atomic mass is 10.2. The number of hydrogen-bond acceptors (Lipinski definition) is 5. The van der Waals surface area contributed by atoms with Gasteiger partial charge in [-0.2, -0.15) is 0 Å². The molecule has 0 bridgehead atoms. The van der Waals surface area contributed by atoms with Crippen molar-refractivity contribution in [3.8, 4) is 11.5 Å². The Labute approximate surface area is 131 Å². The lowest BCUT2D eigenvalue weighted by molar-refractivity contribution is 0.462. The first-order valence-electron chi connectivity index (χ1n) is 6.44. The molecule has 0 amide bonds. The van der Waals surface area contributed by atoms with E-state index in [9.17, 15) is 0 Å². The van der Waals surface area contributed by atoms with Crippen LogP contribution in [-0.2, 0) is 0 Å². The quantitative estimate of drug-likeness (QED) is 0.622. The molecule has 0 fully saturated rings. The second-order valence-electron chi connectivity index (χ2n) is 4.55. The average Bonchev–Trinajstić information content (AvgIpc) is 3.08. The molecule has 0 spiro atoms. The fourth-order valence-corrected chi connectivity index (χ4v) is 3.21. The molecule has 0 aliphatic rings. The summed E-state index contributed by atoms with van der Waals surface area (Å²) >= 11 is 7.68. The Morgan fingerprint density at radius 2 is 2.00 bits per heavy atom. The minimum Gasteiger partial charge on any atom is -0.469 e. The van der Waals surface area contributed by atoms with Gasteiger partial charge < -0.3 is 8.83 Å². The van der Waals surface area contributed by atoms with Gasteiger partial charge in [0.1, 0.15) is 5.76 Å². The molecule has 3 rings (SSSR count). The highest BCUT2D eigenvalue weighted by Gasteiger charge is 2.17. The summed E-state index contributed by atoms with van der Waals surface area (Å²) in [6.07, 6.45) is 1.61. The number of aromatic nitrogens is 2. The molecule has 1 atom stereocenters. The Balaban J connectivity index is 1.79. The SMILES string of the molecule is Cc1occc1-c1nnc(S[C@@H](C)c2ccccc2Cl)o1. The van der Waals surface area contributed by atoms with Gasteiger partial charge in [-0.1, -0.05) is 41.6 Å². The van der Waals surface area contributed by atoms with Crippen LogP contribution in [0.25, 0.3) is 11.5 Å². The average molecular weight is 321 g/mol. The third kappa shape index (κ3) is 2.99. The van der Waals surface area contributed by atoms with Crippen molar-refractivity contribution in [1.29, 1.82) is 0 Å². The summed E-state index contributed by atoms with van der Waals surface area (Å²) < 4.78 is 10.9. The molecule has 6 heteroatoms. The standard InChI is InChI=1S/C15H13ClN2O2S/c1-9-11(7-8-19-9)14-17-18-15(20-14)21-10(2)12-5-3-4-6-13(12)16/h3-8,10H,1-2H3/t10-/m0/s1. The summed E-state index contributed by atoms with van der Waals surface area (Å²) in [6.45, 7) is 3.91. The minimum absolute atomic E-state index is 0.123. The third-order valence-electron chi connectivity index (χ3n) is 3.12. The van der Waals surface area contributed by atoms with Crippen molar-refractivity contribution in [2.24, 2.45) is 0 Å². The van der Waals surface area contributed by atoms with Crippen LogP contribution in [0.5, 0.6) is 0 Å². The number of thioether (sulfide) groups is 1. The van der Waals surface area contributed by atoms with E-state index in [1.165, 1.54) is 11.8 Å². The summed E-state index contributed by atoms with van der Waals surface area (Å²) in [7, 11) is 0. The van der Waals surface area contributed by atoms with Crippen molar-refractivity contribution in [3.05, 3.63) is 52.9 Å². The fraction of sp³-hybridized carbons (Fsp3) is 0.200. The van der Waals surface area contributed by atoms with Gasteiger partial charge in [0.2, 0.25) is 0 Å². The van der Waals surface area contributed by atoms with E-state index < -0.39 is 0 Å². The second-order valence-corrected chi connectivity index (χ2v) is 6.24. The maximum atomic E-state index is 6.20. The van der Waals surface area contributed by atoms with E-state index in [2.05, 4.69) is 17.1 Å². The molecule has 0 saturated heterocycles. The molecule has 3 aromatic rings. The van der Waals surface area contributed by atoms with Crippen LogP contribution in [-0.4, -0.2) is 10.2 Å². The Morgan fingerprint density at radius 1 is 1.19 bits per heavy atom. The number of rotatable bonds is 4. The highest BCUT2D eigenvalue weighted by molar-refractivity contribution is 7.99. The van der Waals surface area contributed by atoms with E-state index in [1.807, 2.05) is 37.3 Å². The van der Waals surface area contributed by atoms with E-state index in [0.29, 0.717) is 11.1 Å². The number of furan rings is 1. The first-order valence-corrected chi connectivity index (χ1v) is 7.70. The lowest BCUT2D eigenvalue weighted by Gasteiger charge is -2.10. The van der Waals surface area contributed by atoms with Gasteiger partial charge in [0.05, 0.1) is 11.8 Å². The monoisotopic (exact) mass is 320 g/mol. The summed E-state index contributed by atoms with van der Waals surface area (Å²) in [4.78, 5) is 0. The van der Waals surface area contributed by atoms with Crippen LogP contribution >= 0.6 is 23.4 Å². The van der Waals surface area contributed by atoms with E-state index in [-0.39, 0.29) is 5.25 Å². The number of hydrogen-bond donors (Lipinski definition) is 0. The van der Waals surface area contributed by atoms with Crippen LogP contribution in [0.1, 0.15) is 23.5 Å². The smallest absolute Gasteiger partial charge is 0.277 e. The molecular formula is C15H13ClN2O2S. The summed E-state index contributed by atoms with van der Waals surface area (Å²) in [5, 5.41) is 9.50. The Morgan fingerprint density at radius 3 is 2.71 bits per heavy atom. The zero-order chi connectivity index (χ0) is 14.8.